The van der Waals surface area contributed by atoms with Crippen molar-refractivity contribution < 1.29 is 130 Å². The molecule has 10 aliphatic rings. The minimum atomic E-state index is -5.19. The van der Waals surface area contributed by atoms with E-state index in [4.69, 9.17) is 56.3 Å². The van der Waals surface area contributed by atoms with Crippen LogP contribution in [0.2, 0.25) is 0 Å². The van der Waals surface area contributed by atoms with Gasteiger partial charge < -0.3 is 108 Å². The molecule has 83 heavy (non-hydrogen) atoms. The number of hydrogen-bond acceptors (Lipinski definition) is 26. The average molecular weight is 1220 g/mol. The van der Waals surface area contributed by atoms with Gasteiger partial charge in [0.2, 0.25) is 0 Å². The molecule has 4 aliphatic carbocycles. The van der Waals surface area contributed by atoms with E-state index < -0.39 is 210 Å². The van der Waals surface area contributed by atoms with Crippen LogP contribution >= 0.6 is 0 Å². The topological polar surface area (TPSA) is 405 Å². The van der Waals surface area contributed by atoms with Crippen LogP contribution in [0.5, 0.6) is 0 Å². The third-order valence-corrected chi connectivity index (χ3v) is 21.9. The number of rotatable bonds is 14. The second-order valence-electron chi connectivity index (χ2n) is 26.5. The third-order valence-electron chi connectivity index (χ3n) is 21.4. The molecule has 1 radical (unpaired) electrons. The molecule has 0 aromatic carbocycles. The fourth-order valence-corrected chi connectivity index (χ4v) is 17.5. The Labute approximate surface area is 504 Å². The number of esters is 1. The number of allylic oxidation sites excluding steroid dienone is 1. The van der Waals surface area contributed by atoms with E-state index in [1.807, 2.05) is 34.6 Å². The second-order valence-corrected chi connectivity index (χ2v) is 27.5. The number of hydrogen-bond donors (Lipinski definition) is 12. The van der Waals surface area contributed by atoms with Gasteiger partial charge in [0.05, 0.1) is 43.7 Å². The van der Waals surface area contributed by atoms with E-state index in [0.717, 1.165) is 5.57 Å². The minimum Gasteiger partial charge on any atom is -0.453 e. The second kappa shape index (κ2) is 23.5. The molecule has 0 aromatic heterocycles. The van der Waals surface area contributed by atoms with Gasteiger partial charge in [0.25, 0.3) is 0 Å². The van der Waals surface area contributed by atoms with Crippen molar-refractivity contribution in [2.24, 2.45) is 33.5 Å². The van der Waals surface area contributed by atoms with Crippen LogP contribution in [-0.4, -0.2) is 283 Å². The molecule has 9 fully saturated rings. The van der Waals surface area contributed by atoms with Gasteiger partial charge in [0.1, 0.15) is 103 Å². The molecule has 0 bridgehead atoms. The van der Waals surface area contributed by atoms with Gasteiger partial charge in [-0.05, 0) is 107 Å². The predicted molar refractivity (Wildman–Crippen MR) is 279 cm³/mol. The molecule has 27 nitrogen and oxygen atoms in total. The molecular weight excluding hydrogens is 1140 g/mol. The van der Waals surface area contributed by atoms with Crippen molar-refractivity contribution in [3.8, 4) is 0 Å². The van der Waals surface area contributed by atoms with Crippen LogP contribution in [0.3, 0.4) is 0 Å². The molecule has 0 aromatic rings. The van der Waals surface area contributed by atoms with Crippen LogP contribution in [-0.2, 0) is 71.5 Å². The largest absolute Gasteiger partial charge is 0.453 e. The summed E-state index contributed by atoms with van der Waals surface area (Å²) in [5.74, 6) is -0.972. The summed E-state index contributed by atoms with van der Waals surface area (Å²) >= 11 is 0. The number of carbonyl (C=O) groups excluding carboxylic acids is 1. The van der Waals surface area contributed by atoms with Crippen molar-refractivity contribution in [3.05, 3.63) is 11.6 Å². The number of methoxy groups -OCH3 is 1. The normalized spacial score (nSPS) is 53.0. The molecule has 6 heterocycles. The maximum atomic E-state index is 14.7. The van der Waals surface area contributed by atoms with Crippen LogP contribution in [0.15, 0.2) is 11.6 Å². The van der Waals surface area contributed by atoms with Gasteiger partial charge >= 0.3 is 16.4 Å². The first-order valence-corrected chi connectivity index (χ1v) is 30.0. The molecular formula is C54H86NaO27S. The summed E-state index contributed by atoms with van der Waals surface area (Å²) in [6.45, 7) is 13.1. The van der Waals surface area contributed by atoms with Crippen molar-refractivity contribution >= 4 is 45.9 Å². The van der Waals surface area contributed by atoms with Gasteiger partial charge in [-0.25, -0.2) is 4.18 Å². The zero-order valence-corrected chi connectivity index (χ0v) is 51.4. The Hall–Kier alpha value is -0.760. The smallest absolute Gasteiger partial charge is 0.397 e. The Morgan fingerprint density at radius 2 is 1.25 bits per heavy atom. The molecule has 0 amide bonds. The van der Waals surface area contributed by atoms with Crippen LogP contribution < -0.4 is 0 Å². The Morgan fingerprint density at radius 3 is 1.84 bits per heavy atom. The predicted octanol–water partition coefficient (Wildman–Crippen LogP) is -2.64. The maximum absolute atomic E-state index is 14.7. The van der Waals surface area contributed by atoms with E-state index in [0.29, 0.717) is 44.9 Å². The van der Waals surface area contributed by atoms with Crippen molar-refractivity contribution in [2.45, 2.75) is 259 Å². The summed E-state index contributed by atoms with van der Waals surface area (Å²) in [6.07, 6.45) is -29.1. The van der Waals surface area contributed by atoms with Crippen LogP contribution in [0.25, 0.3) is 0 Å². The fraction of sp³-hybridized carbons (Fsp3) is 0.944. The van der Waals surface area contributed by atoms with E-state index in [2.05, 4.69) is 6.92 Å². The van der Waals surface area contributed by atoms with Gasteiger partial charge in [-0.3, -0.25) is 9.35 Å². The SMILES string of the molecule is CO[C@@H]1[C@@H](O)[C@H](O[C@@H]2[C@@H](O)[C@H](O[C@H]3[C@H](O)[C@@H](O)[C@H](O[C@H]4[C@H](O[C@H]5CC[C@]6(C)C7=C[C@H](O)[C@]89C(=O)O[C@@](C)([C@@H]%10CCC(C)(C)O%10)[C@@]8(O)CC[C@@]9(C)[C@@H]7CC[C@H]6C5(C)C)OC[C@@H](OS(=O)(=O)O)[C@@H]4O)O[C@@H]3C)O[C@H](CO)[C@H]2O)O[C@H](CO)[C@H]1O.[Na]. The summed E-state index contributed by atoms with van der Waals surface area (Å²) in [5, 5.41) is 125. The van der Waals surface area contributed by atoms with Gasteiger partial charge in [-0.15, -0.1) is 0 Å². The molecule has 6 aliphatic heterocycles. The maximum Gasteiger partial charge on any atom is 0.397 e. The summed E-state index contributed by atoms with van der Waals surface area (Å²) in [6, 6.07) is 0. The third kappa shape index (κ3) is 10.5. The van der Waals surface area contributed by atoms with Crippen LogP contribution in [0.1, 0.15) is 107 Å². The number of cyclic esters (lactones) is 1. The minimum absolute atomic E-state index is 0. The Morgan fingerprint density at radius 1 is 0.663 bits per heavy atom. The van der Waals surface area contributed by atoms with E-state index in [-0.39, 0.29) is 47.8 Å². The molecule has 29 heteroatoms. The van der Waals surface area contributed by atoms with E-state index in [1.165, 1.54) is 14.0 Å². The van der Waals surface area contributed by atoms with Crippen molar-refractivity contribution in [2.75, 3.05) is 26.9 Å². The number of aliphatic hydroxyl groups is 11. The van der Waals surface area contributed by atoms with Gasteiger partial charge in [-0.1, -0.05) is 39.3 Å². The van der Waals surface area contributed by atoms with E-state index >= 15 is 0 Å². The molecule has 10 rings (SSSR count). The summed E-state index contributed by atoms with van der Waals surface area (Å²) in [4.78, 5) is 14.7. The average Bonchev–Trinajstić information content (AvgIpc) is 1.51. The number of aliphatic hydroxyl groups excluding tert-OH is 10. The molecule has 3 saturated carbocycles. The fourth-order valence-electron chi connectivity index (χ4n) is 17.0. The zero-order valence-electron chi connectivity index (χ0n) is 48.6. The Balaban J connectivity index is 0.00000828. The summed E-state index contributed by atoms with van der Waals surface area (Å²) in [7, 11) is -4.02. The van der Waals surface area contributed by atoms with E-state index in [9.17, 15) is 73.9 Å². The Bertz CT molecular complexity index is 2490. The van der Waals surface area contributed by atoms with Gasteiger partial charge in [0, 0.05) is 36.7 Å². The zero-order chi connectivity index (χ0) is 60.0. The summed E-state index contributed by atoms with van der Waals surface area (Å²) < 4.78 is 104. The van der Waals surface area contributed by atoms with Crippen LogP contribution in [0, 0.1) is 33.5 Å². The quantitative estimate of drug-likeness (QED) is 0.0278. The number of ether oxygens (including phenoxy) is 11. The standard InChI is InChI=1S/C54H86O27S.Na/c1-22-39(76-45-38(64)41(33(59)26(20-56)74-45)77-44-37(63)40(70-9)32(58)25(19-55)73-44)35(61)36(62)43(72-22)78-42-34(60)27(81-82(67,68)69)21-71-46(42)75-30-13-15-50(6)24-18-29(57)54-47(65)80-52(8,31-12-14-48(2,3)79-31)53(54,66)17-16-51(54,7)23(24)10-11-28(50)49(30,4)5;/h18,22-23,25-46,55-64,66H,10-17,19-21H2,1-9H3,(H,67,68,69);/t22-,23-,25-,26-,27-,28+,29+,30+,31+,32-,33-,34+,35-,36-,37-,38-,39-,40+,41+,42-,43+,44+,45+,46+,50-,51+,52+,53+,54-;/m1./s1. The van der Waals surface area contributed by atoms with Crippen molar-refractivity contribution in [1.82, 2.24) is 0 Å². The summed E-state index contributed by atoms with van der Waals surface area (Å²) in [5.41, 5.74) is -6.49. The van der Waals surface area contributed by atoms with Gasteiger partial charge in [0.15, 0.2) is 30.8 Å². The molecule has 6 saturated heterocycles. The first-order chi connectivity index (χ1) is 38.2. The van der Waals surface area contributed by atoms with Crippen LogP contribution in [0.4, 0.5) is 0 Å². The first-order valence-electron chi connectivity index (χ1n) is 28.6. The molecule has 0 unspecified atom stereocenters. The molecule has 29 atom stereocenters. The Kier molecular flexibility index (Phi) is 18.9. The molecule has 471 valence electrons. The first kappa shape index (κ1) is 66.7. The molecule has 1 spiro atoms. The van der Waals surface area contributed by atoms with Gasteiger partial charge in [-0.2, -0.15) is 8.42 Å². The van der Waals surface area contributed by atoms with E-state index in [1.54, 1.807) is 13.0 Å². The molecule has 12 N–H and O–H groups in total. The van der Waals surface area contributed by atoms with Crippen molar-refractivity contribution in [1.29, 1.82) is 0 Å². The monoisotopic (exact) mass is 1220 g/mol. The number of carbonyl (C=O) groups is 1. The number of fused-ring (bicyclic) bond motifs is 4. The van der Waals surface area contributed by atoms with Crippen molar-refractivity contribution in [3.63, 3.8) is 0 Å².